The third-order valence-corrected chi connectivity index (χ3v) is 4.00. The average molecular weight is 365 g/mol. The lowest BCUT2D eigenvalue weighted by atomic mass is 10.2. The van der Waals surface area contributed by atoms with E-state index in [1.807, 2.05) is 22.9 Å². The van der Waals surface area contributed by atoms with Crippen molar-refractivity contribution in [2.24, 2.45) is 0 Å². The van der Waals surface area contributed by atoms with Gasteiger partial charge in [-0.25, -0.2) is 15.0 Å². The fourth-order valence-corrected chi connectivity index (χ4v) is 2.54. The molecular formula is C20H23N5O2. The molecule has 0 spiro atoms. The van der Waals surface area contributed by atoms with Gasteiger partial charge in [0.15, 0.2) is 11.6 Å². The number of unbranched alkanes of at least 4 members (excludes halogenated alkanes) is 1. The van der Waals surface area contributed by atoms with E-state index in [9.17, 15) is 4.79 Å². The van der Waals surface area contributed by atoms with Gasteiger partial charge in [-0.15, -0.1) is 0 Å². The molecule has 0 bridgehead atoms. The van der Waals surface area contributed by atoms with Crippen LogP contribution in [0.1, 0.15) is 30.1 Å². The average Bonchev–Trinajstić information content (AvgIpc) is 3.18. The van der Waals surface area contributed by atoms with Gasteiger partial charge in [-0.05, 0) is 36.8 Å². The van der Waals surface area contributed by atoms with Crippen LogP contribution in [-0.4, -0.2) is 38.6 Å². The van der Waals surface area contributed by atoms with Gasteiger partial charge in [0.05, 0.1) is 6.61 Å². The van der Waals surface area contributed by atoms with Crippen molar-refractivity contribution in [2.75, 3.05) is 13.2 Å². The largest absolute Gasteiger partial charge is 0.494 e. The van der Waals surface area contributed by atoms with Crippen LogP contribution in [-0.2, 0) is 6.54 Å². The van der Waals surface area contributed by atoms with Gasteiger partial charge in [0, 0.05) is 43.4 Å². The maximum absolute atomic E-state index is 12.3. The number of carbonyl (C=O) groups is 1. The first-order chi connectivity index (χ1) is 13.3. The number of hydrogen-bond donors (Lipinski definition) is 1. The summed E-state index contributed by atoms with van der Waals surface area (Å²) in [7, 11) is 0. The minimum absolute atomic E-state index is 0.118. The fraction of sp³-hybridized carbons (Fsp3) is 0.300. The molecule has 0 aliphatic rings. The molecule has 0 saturated heterocycles. The molecule has 0 aliphatic heterocycles. The van der Waals surface area contributed by atoms with Crippen molar-refractivity contribution in [3.63, 3.8) is 0 Å². The summed E-state index contributed by atoms with van der Waals surface area (Å²) in [6.07, 6.45) is 9.02. The molecule has 7 heteroatoms. The maximum Gasteiger partial charge on any atom is 0.251 e. The van der Waals surface area contributed by atoms with Crippen LogP contribution in [0.25, 0.3) is 11.6 Å². The number of nitrogens with zero attached hydrogens (tertiary/aromatic N) is 4. The Morgan fingerprint density at radius 1 is 1.11 bits per heavy atom. The van der Waals surface area contributed by atoms with Crippen LogP contribution in [0.3, 0.4) is 0 Å². The molecule has 0 aliphatic carbocycles. The monoisotopic (exact) mass is 365 g/mol. The lowest BCUT2D eigenvalue weighted by Crippen LogP contribution is -2.27. The Hall–Kier alpha value is -3.22. The van der Waals surface area contributed by atoms with E-state index in [0.717, 1.165) is 18.6 Å². The van der Waals surface area contributed by atoms with E-state index in [2.05, 4.69) is 27.2 Å². The van der Waals surface area contributed by atoms with Gasteiger partial charge in [-0.1, -0.05) is 13.3 Å². The summed E-state index contributed by atoms with van der Waals surface area (Å²) >= 11 is 0. The van der Waals surface area contributed by atoms with Crippen molar-refractivity contribution < 1.29 is 9.53 Å². The molecule has 1 aromatic carbocycles. The Labute approximate surface area is 158 Å². The third-order valence-electron chi connectivity index (χ3n) is 4.00. The van der Waals surface area contributed by atoms with Crippen molar-refractivity contribution >= 4 is 5.91 Å². The molecule has 7 nitrogen and oxygen atoms in total. The van der Waals surface area contributed by atoms with Crippen molar-refractivity contribution in [1.29, 1.82) is 0 Å². The van der Waals surface area contributed by atoms with Crippen LogP contribution in [0.4, 0.5) is 0 Å². The van der Waals surface area contributed by atoms with Gasteiger partial charge in [-0.3, -0.25) is 4.79 Å². The summed E-state index contributed by atoms with van der Waals surface area (Å²) in [6, 6.07) is 8.96. The first-order valence-electron chi connectivity index (χ1n) is 9.07. The molecule has 0 unspecified atom stereocenters. The second-order valence-corrected chi connectivity index (χ2v) is 6.00. The van der Waals surface area contributed by atoms with E-state index in [0.29, 0.717) is 36.9 Å². The molecule has 3 aromatic rings. The molecular weight excluding hydrogens is 342 g/mol. The van der Waals surface area contributed by atoms with Crippen molar-refractivity contribution in [2.45, 2.75) is 26.3 Å². The first kappa shape index (κ1) is 18.6. The molecule has 27 heavy (non-hydrogen) atoms. The number of rotatable bonds is 9. The summed E-state index contributed by atoms with van der Waals surface area (Å²) in [6.45, 7) is 3.87. The van der Waals surface area contributed by atoms with Gasteiger partial charge in [0.2, 0.25) is 0 Å². The van der Waals surface area contributed by atoms with Gasteiger partial charge < -0.3 is 14.6 Å². The highest BCUT2D eigenvalue weighted by Gasteiger charge is 2.09. The molecule has 0 radical (unpaired) electrons. The van der Waals surface area contributed by atoms with Crippen molar-refractivity contribution in [3.8, 4) is 17.4 Å². The third kappa shape index (κ3) is 5.13. The van der Waals surface area contributed by atoms with E-state index >= 15 is 0 Å². The lowest BCUT2D eigenvalue weighted by molar-refractivity contribution is 0.0952. The predicted octanol–water partition coefficient (Wildman–Crippen LogP) is 2.95. The second-order valence-electron chi connectivity index (χ2n) is 6.00. The molecule has 0 atom stereocenters. The zero-order chi connectivity index (χ0) is 18.9. The van der Waals surface area contributed by atoms with Crippen molar-refractivity contribution in [1.82, 2.24) is 24.8 Å². The number of imidazole rings is 1. The predicted molar refractivity (Wildman–Crippen MR) is 102 cm³/mol. The molecule has 2 heterocycles. The van der Waals surface area contributed by atoms with Gasteiger partial charge >= 0.3 is 0 Å². The zero-order valence-electron chi connectivity index (χ0n) is 15.3. The molecule has 1 amide bonds. The van der Waals surface area contributed by atoms with Gasteiger partial charge in [0.1, 0.15) is 5.75 Å². The summed E-state index contributed by atoms with van der Waals surface area (Å²) in [5, 5.41) is 2.92. The zero-order valence-corrected chi connectivity index (χ0v) is 15.3. The molecule has 0 saturated carbocycles. The van der Waals surface area contributed by atoms with Crippen molar-refractivity contribution in [3.05, 3.63) is 60.7 Å². The number of hydrogen-bond acceptors (Lipinski definition) is 5. The first-order valence-corrected chi connectivity index (χ1v) is 9.07. The van der Waals surface area contributed by atoms with Crippen LogP contribution in [0.5, 0.6) is 5.75 Å². The van der Waals surface area contributed by atoms with Crippen LogP contribution in [0.15, 0.2) is 55.1 Å². The number of amides is 1. The molecule has 140 valence electrons. The highest BCUT2D eigenvalue weighted by atomic mass is 16.5. The molecule has 2 aromatic heterocycles. The van der Waals surface area contributed by atoms with Crippen LogP contribution in [0.2, 0.25) is 0 Å². The number of aromatic nitrogens is 4. The molecule has 1 N–H and O–H groups in total. The van der Waals surface area contributed by atoms with E-state index < -0.39 is 0 Å². The Kier molecular flexibility index (Phi) is 6.51. The van der Waals surface area contributed by atoms with Crippen LogP contribution < -0.4 is 10.1 Å². The number of carbonyl (C=O) groups excluding carboxylic acids is 1. The topological polar surface area (TPSA) is 81.9 Å². The standard InChI is InChI=1S/C20H23N5O2/c1-2-3-15-27-17-7-5-16(6-8-17)20(26)24-12-14-25-13-11-23-19(25)18-21-9-4-10-22-18/h4-11,13H,2-3,12,14-15H2,1H3,(H,24,26). The summed E-state index contributed by atoms with van der Waals surface area (Å²) in [4.78, 5) is 25.0. The van der Waals surface area contributed by atoms with E-state index in [1.54, 1.807) is 36.8 Å². The number of ether oxygens (including phenoxy) is 1. The second kappa shape index (κ2) is 9.47. The fourth-order valence-electron chi connectivity index (χ4n) is 2.54. The Morgan fingerprint density at radius 3 is 2.63 bits per heavy atom. The summed E-state index contributed by atoms with van der Waals surface area (Å²) in [5.74, 6) is 1.91. The van der Waals surface area contributed by atoms with E-state index in [1.165, 1.54) is 0 Å². The SMILES string of the molecule is CCCCOc1ccc(C(=O)NCCn2ccnc2-c2ncccn2)cc1. The summed E-state index contributed by atoms with van der Waals surface area (Å²) < 4.78 is 7.53. The van der Waals surface area contributed by atoms with Crippen LogP contribution >= 0.6 is 0 Å². The Bertz CT molecular complexity index is 846. The summed E-state index contributed by atoms with van der Waals surface area (Å²) in [5.41, 5.74) is 0.607. The smallest absolute Gasteiger partial charge is 0.251 e. The quantitative estimate of drug-likeness (QED) is 0.590. The number of benzene rings is 1. The minimum Gasteiger partial charge on any atom is -0.494 e. The van der Waals surface area contributed by atoms with Crippen LogP contribution in [0, 0.1) is 0 Å². The highest BCUT2D eigenvalue weighted by Crippen LogP contribution is 2.13. The number of nitrogens with one attached hydrogen (secondary N) is 1. The van der Waals surface area contributed by atoms with E-state index in [-0.39, 0.29) is 5.91 Å². The highest BCUT2D eigenvalue weighted by molar-refractivity contribution is 5.94. The van der Waals surface area contributed by atoms with Gasteiger partial charge in [-0.2, -0.15) is 0 Å². The lowest BCUT2D eigenvalue weighted by Gasteiger charge is -2.09. The van der Waals surface area contributed by atoms with E-state index in [4.69, 9.17) is 4.74 Å². The Balaban J connectivity index is 1.51. The Morgan fingerprint density at radius 2 is 1.89 bits per heavy atom. The normalized spacial score (nSPS) is 10.6. The van der Waals surface area contributed by atoms with Gasteiger partial charge in [0.25, 0.3) is 5.91 Å². The molecule has 3 rings (SSSR count). The maximum atomic E-state index is 12.3. The minimum atomic E-state index is -0.118. The molecule has 0 fully saturated rings.